The molecule has 0 radical (unpaired) electrons. The average Bonchev–Trinajstić information content (AvgIpc) is 2.82. The predicted octanol–water partition coefficient (Wildman–Crippen LogP) is 5.04. The molecule has 0 aromatic heterocycles. The number of nitrogens with one attached hydrogen (secondary N) is 1. The van der Waals surface area contributed by atoms with Gasteiger partial charge in [-0.15, -0.1) is 0 Å². The molecule has 168 valence electrons. The van der Waals surface area contributed by atoms with Crippen LogP contribution in [0.4, 0.5) is 14.5 Å². The first-order chi connectivity index (χ1) is 15.5. The molecule has 6 heteroatoms. The minimum Gasteiger partial charge on any atom is -0.494 e. The van der Waals surface area contributed by atoms with Crippen LogP contribution in [-0.2, 0) is 17.1 Å². The molecule has 1 N–H and O–H groups in total. The summed E-state index contributed by atoms with van der Waals surface area (Å²) in [7, 11) is 1.62. The van der Waals surface area contributed by atoms with Crippen molar-refractivity contribution in [1.82, 2.24) is 5.32 Å². The van der Waals surface area contributed by atoms with E-state index in [-0.39, 0.29) is 18.0 Å². The fraction of sp³-hybridized carbons (Fsp3) is 0.269. The minimum atomic E-state index is -3.13. The molecule has 3 aromatic carbocycles. The van der Waals surface area contributed by atoms with Gasteiger partial charge in [0.1, 0.15) is 5.75 Å². The number of carbonyl (C=O) groups is 1. The zero-order valence-corrected chi connectivity index (χ0v) is 18.1. The maximum absolute atomic E-state index is 14.7. The van der Waals surface area contributed by atoms with Crippen molar-refractivity contribution in [3.05, 3.63) is 96.1 Å². The molecule has 0 unspecified atom stereocenters. The van der Waals surface area contributed by atoms with E-state index >= 15 is 0 Å². The van der Waals surface area contributed by atoms with Gasteiger partial charge in [-0.1, -0.05) is 60.7 Å². The number of carbonyl (C=O) groups excluding carboxylic acids is 1. The first-order valence-electron chi connectivity index (χ1n) is 10.6. The van der Waals surface area contributed by atoms with Gasteiger partial charge in [-0.25, -0.2) is 0 Å². The number of amides is 1. The number of halogens is 2. The second-order valence-electron chi connectivity index (χ2n) is 7.56. The molecule has 0 atom stereocenters. The van der Waals surface area contributed by atoms with E-state index in [0.717, 1.165) is 12.8 Å². The highest BCUT2D eigenvalue weighted by Crippen LogP contribution is 2.29. The van der Waals surface area contributed by atoms with Gasteiger partial charge in [0, 0.05) is 18.3 Å². The van der Waals surface area contributed by atoms with Crippen molar-refractivity contribution in [2.24, 2.45) is 0 Å². The van der Waals surface area contributed by atoms with E-state index in [1.807, 2.05) is 36.4 Å². The second kappa shape index (κ2) is 11.4. The number of nitrogens with zero attached hydrogens (tertiary/aromatic N) is 1. The molecule has 0 saturated carbocycles. The van der Waals surface area contributed by atoms with Crippen molar-refractivity contribution in [2.75, 3.05) is 31.6 Å². The maximum Gasteiger partial charge on any atom is 0.285 e. The van der Waals surface area contributed by atoms with Crippen molar-refractivity contribution in [2.45, 2.75) is 18.8 Å². The summed E-state index contributed by atoms with van der Waals surface area (Å²) in [5.74, 6) is -3.01. The number of anilines is 1. The lowest BCUT2D eigenvalue weighted by atomic mass is 10.1. The van der Waals surface area contributed by atoms with Crippen molar-refractivity contribution in [3.8, 4) is 5.75 Å². The molecule has 0 aliphatic heterocycles. The highest BCUT2D eigenvalue weighted by atomic mass is 19.3. The Kier molecular flexibility index (Phi) is 8.34. The van der Waals surface area contributed by atoms with E-state index in [1.54, 1.807) is 31.3 Å². The first-order valence-corrected chi connectivity index (χ1v) is 10.6. The number of hydrogen-bond acceptors (Lipinski definition) is 3. The number of hydrogen-bond donors (Lipinski definition) is 1. The lowest BCUT2D eigenvalue weighted by molar-refractivity contribution is -0.117. The smallest absolute Gasteiger partial charge is 0.285 e. The molecule has 0 bridgehead atoms. The van der Waals surface area contributed by atoms with E-state index in [4.69, 9.17) is 4.74 Å². The Bertz CT molecular complexity index is 981. The third-order valence-corrected chi connectivity index (χ3v) is 5.12. The number of rotatable bonds is 11. The van der Waals surface area contributed by atoms with Gasteiger partial charge < -0.3 is 15.0 Å². The van der Waals surface area contributed by atoms with Crippen molar-refractivity contribution >= 4 is 11.6 Å². The summed E-state index contributed by atoms with van der Waals surface area (Å²) in [6.45, 7) is -0.377. The van der Waals surface area contributed by atoms with Crippen molar-refractivity contribution in [1.29, 1.82) is 0 Å². The molecular weight excluding hydrogens is 410 g/mol. The van der Waals surface area contributed by atoms with Gasteiger partial charge in [-0.05, 0) is 42.7 Å². The zero-order valence-electron chi connectivity index (χ0n) is 18.1. The number of benzene rings is 3. The van der Waals surface area contributed by atoms with Crippen LogP contribution in [0.2, 0.25) is 0 Å². The van der Waals surface area contributed by atoms with Crippen LogP contribution >= 0.6 is 0 Å². The normalized spacial score (nSPS) is 11.2. The van der Waals surface area contributed by atoms with Crippen LogP contribution in [0.5, 0.6) is 5.75 Å². The van der Waals surface area contributed by atoms with Crippen LogP contribution in [0, 0.1) is 0 Å². The minimum absolute atomic E-state index is 0.144. The molecule has 1 amide bonds. The molecule has 3 rings (SSSR count). The summed E-state index contributed by atoms with van der Waals surface area (Å²) in [5.41, 5.74) is 1.78. The fourth-order valence-corrected chi connectivity index (χ4v) is 3.27. The van der Waals surface area contributed by atoms with Gasteiger partial charge in [0.15, 0.2) is 0 Å². The number of alkyl halides is 2. The highest BCUT2D eigenvalue weighted by Gasteiger charge is 2.31. The maximum atomic E-state index is 14.7. The zero-order chi connectivity index (χ0) is 22.8. The van der Waals surface area contributed by atoms with Crippen LogP contribution in [0.3, 0.4) is 0 Å². The Labute approximate surface area is 187 Å². The Hall–Kier alpha value is -3.25. The molecule has 0 aliphatic rings. The summed E-state index contributed by atoms with van der Waals surface area (Å²) in [4.78, 5) is 13.7. The number of likely N-dealkylation sites (N-methyl/N-ethyl adjacent to an activating group) is 1. The Morgan fingerprint density at radius 3 is 2.38 bits per heavy atom. The van der Waals surface area contributed by atoms with Crippen LogP contribution < -0.4 is 15.0 Å². The summed E-state index contributed by atoms with van der Waals surface area (Å²) < 4.78 is 35.0. The van der Waals surface area contributed by atoms with Gasteiger partial charge in [0.05, 0.1) is 19.7 Å². The number of para-hydroxylation sites is 1. The van der Waals surface area contributed by atoms with E-state index < -0.39 is 12.5 Å². The summed E-state index contributed by atoms with van der Waals surface area (Å²) in [5, 5.41) is 2.58. The summed E-state index contributed by atoms with van der Waals surface area (Å²) in [6, 6.07) is 25.1. The molecule has 0 saturated heterocycles. The molecule has 0 heterocycles. The van der Waals surface area contributed by atoms with Crippen molar-refractivity contribution in [3.63, 3.8) is 0 Å². The average molecular weight is 439 g/mol. The van der Waals surface area contributed by atoms with Gasteiger partial charge in [-0.3, -0.25) is 4.79 Å². The van der Waals surface area contributed by atoms with E-state index in [1.165, 1.54) is 22.6 Å². The van der Waals surface area contributed by atoms with Crippen LogP contribution in [-0.4, -0.2) is 32.7 Å². The largest absolute Gasteiger partial charge is 0.494 e. The third-order valence-electron chi connectivity index (χ3n) is 5.12. The molecule has 4 nitrogen and oxygen atoms in total. The molecule has 0 fully saturated rings. The van der Waals surface area contributed by atoms with E-state index in [2.05, 4.69) is 17.4 Å². The molecule has 32 heavy (non-hydrogen) atoms. The first kappa shape index (κ1) is 23.4. The molecule has 0 aliphatic carbocycles. The van der Waals surface area contributed by atoms with Crippen molar-refractivity contribution < 1.29 is 18.3 Å². The number of ether oxygens (including phenoxy) is 1. The molecular formula is C26H28F2N2O2. The number of aryl methyl sites for hydroxylation is 1. The Morgan fingerprint density at radius 2 is 1.66 bits per heavy atom. The SMILES string of the molecule is CN(C(=O)CNCC(F)(F)c1cccc(OCCCc2ccccc2)c1)c1ccccc1. The topological polar surface area (TPSA) is 41.6 Å². The predicted molar refractivity (Wildman–Crippen MR) is 123 cm³/mol. The van der Waals surface area contributed by atoms with Crippen LogP contribution in [0.1, 0.15) is 17.5 Å². The Morgan fingerprint density at radius 1 is 0.969 bits per heavy atom. The van der Waals surface area contributed by atoms with Gasteiger partial charge in [0.2, 0.25) is 5.91 Å². The van der Waals surface area contributed by atoms with Gasteiger partial charge in [0.25, 0.3) is 5.92 Å². The highest BCUT2D eigenvalue weighted by molar-refractivity contribution is 5.94. The second-order valence-corrected chi connectivity index (χ2v) is 7.56. The van der Waals surface area contributed by atoms with Crippen LogP contribution in [0.25, 0.3) is 0 Å². The lowest BCUT2D eigenvalue weighted by Crippen LogP contribution is -2.39. The fourth-order valence-electron chi connectivity index (χ4n) is 3.27. The monoisotopic (exact) mass is 438 g/mol. The standard InChI is InChI=1S/C26H28F2N2O2/c1-30(23-14-6-3-7-15-23)25(31)19-29-20-26(27,28)22-13-8-16-24(18-22)32-17-9-12-21-10-4-2-5-11-21/h2-8,10-11,13-16,18,29H,9,12,17,19-20H2,1H3. The third kappa shape index (κ3) is 6.89. The quantitative estimate of drug-likeness (QED) is 0.427. The lowest BCUT2D eigenvalue weighted by Gasteiger charge is -2.20. The summed E-state index contributed by atoms with van der Waals surface area (Å²) in [6.07, 6.45) is 1.66. The molecule has 0 spiro atoms. The van der Waals surface area contributed by atoms with E-state index in [9.17, 15) is 13.6 Å². The summed E-state index contributed by atoms with van der Waals surface area (Å²) >= 11 is 0. The van der Waals surface area contributed by atoms with E-state index in [0.29, 0.717) is 18.0 Å². The van der Waals surface area contributed by atoms with Gasteiger partial charge in [-0.2, -0.15) is 8.78 Å². The van der Waals surface area contributed by atoms with Crippen LogP contribution in [0.15, 0.2) is 84.9 Å². The van der Waals surface area contributed by atoms with Gasteiger partial charge >= 0.3 is 0 Å². The molecule has 3 aromatic rings. The Balaban J connectivity index is 1.46.